The molecule has 0 fully saturated rings. The molecule has 0 radical (unpaired) electrons. The van der Waals surface area contributed by atoms with Crippen molar-refractivity contribution >= 4 is 39.9 Å². The van der Waals surface area contributed by atoms with Crippen molar-refractivity contribution in [2.75, 3.05) is 12.0 Å². The first kappa shape index (κ1) is 18.5. The van der Waals surface area contributed by atoms with E-state index in [4.69, 9.17) is 16.3 Å². The number of halogens is 2. The van der Waals surface area contributed by atoms with Gasteiger partial charge in [-0.1, -0.05) is 42.1 Å². The number of benzene rings is 1. The van der Waals surface area contributed by atoms with Crippen LogP contribution in [0.4, 0.5) is 10.1 Å². The second-order valence-electron chi connectivity index (χ2n) is 5.87. The van der Waals surface area contributed by atoms with E-state index in [1.165, 1.54) is 35.9 Å². The van der Waals surface area contributed by atoms with E-state index in [-0.39, 0.29) is 5.88 Å². The fourth-order valence-corrected chi connectivity index (χ4v) is 3.81. The van der Waals surface area contributed by atoms with Gasteiger partial charge in [-0.05, 0) is 23.8 Å². The second-order valence-corrected chi connectivity index (χ2v) is 7.25. The third-order valence-corrected chi connectivity index (χ3v) is 5.34. The van der Waals surface area contributed by atoms with Crippen LogP contribution in [0.3, 0.4) is 0 Å². The van der Waals surface area contributed by atoms with E-state index < -0.39 is 5.82 Å². The van der Waals surface area contributed by atoms with Gasteiger partial charge in [-0.3, -0.25) is 4.90 Å². The summed E-state index contributed by atoms with van der Waals surface area (Å²) >= 11 is 7.43. The number of rotatable bonds is 4. The van der Waals surface area contributed by atoms with Gasteiger partial charge < -0.3 is 4.74 Å². The lowest BCUT2D eigenvalue weighted by Gasteiger charge is -2.30. The number of amidine groups is 1. The van der Waals surface area contributed by atoms with Crippen LogP contribution in [0.2, 0.25) is 5.02 Å². The molecule has 0 saturated heterocycles. The Morgan fingerprint density at radius 1 is 1.25 bits per heavy atom. The van der Waals surface area contributed by atoms with Crippen molar-refractivity contribution in [2.24, 2.45) is 5.10 Å². The molecule has 0 N–H and O–H groups in total. The molecule has 1 aliphatic heterocycles. The second kappa shape index (κ2) is 7.65. The van der Waals surface area contributed by atoms with Gasteiger partial charge in [0.05, 0.1) is 30.9 Å². The van der Waals surface area contributed by atoms with E-state index in [2.05, 4.69) is 21.8 Å². The fourth-order valence-electron chi connectivity index (χ4n) is 2.72. The third-order valence-electron chi connectivity index (χ3n) is 4.09. The molecule has 142 valence electrons. The summed E-state index contributed by atoms with van der Waals surface area (Å²) in [6, 6.07) is 10.7. The Bertz CT molecular complexity index is 1070. The van der Waals surface area contributed by atoms with E-state index in [0.717, 1.165) is 5.56 Å². The highest BCUT2D eigenvalue weighted by molar-refractivity contribution is 8.13. The van der Waals surface area contributed by atoms with Gasteiger partial charge in [0, 0.05) is 16.8 Å². The van der Waals surface area contributed by atoms with Crippen molar-refractivity contribution in [3.05, 3.63) is 77.5 Å². The molecule has 28 heavy (non-hydrogen) atoms. The summed E-state index contributed by atoms with van der Waals surface area (Å²) in [7, 11) is 1.37. The van der Waals surface area contributed by atoms with Crippen LogP contribution in [0.1, 0.15) is 11.3 Å². The molecule has 1 aliphatic rings. The molecule has 2 aromatic heterocycles. The Labute approximate surface area is 170 Å². The van der Waals surface area contributed by atoms with Crippen molar-refractivity contribution in [2.45, 2.75) is 5.75 Å². The molecule has 1 aromatic carbocycles. The molecule has 0 aliphatic carbocycles. The van der Waals surface area contributed by atoms with Crippen LogP contribution in [-0.2, 0) is 5.75 Å². The van der Waals surface area contributed by atoms with Gasteiger partial charge in [0.25, 0.3) is 0 Å². The van der Waals surface area contributed by atoms with Crippen molar-refractivity contribution in [3.63, 3.8) is 0 Å². The first-order valence-electron chi connectivity index (χ1n) is 8.26. The van der Waals surface area contributed by atoms with Gasteiger partial charge in [-0.2, -0.15) is 5.10 Å². The van der Waals surface area contributed by atoms with Crippen LogP contribution in [-0.4, -0.2) is 27.2 Å². The van der Waals surface area contributed by atoms with E-state index in [0.29, 0.717) is 33.0 Å². The third kappa shape index (κ3) is 3.48. The zero-order valence-electron chi connectivity index (χ0n) is 14.8. The highest BCUT2D eigenvalue weighted by Crippen LogP contribution is 2.34. The minimum Gasteiger partial charge on any atom is -0.479 e. The molecular weight excluding hydrogens is 401 g/mol. The number of nitrogens with zero attached hydrogens (tertiary/aromatic N) is 5. The van der Waals surface area contributed by atoms with E-state index in [1.807, 2.05) is 24.3 Å². The lowest BCUT2D eigenvalue weighted by molar-refractivity contribution is 0.369. The highest BCUT2D eigenvalue weighted by atomic mass is 35.5. The van der Waals surface area contributed by atoms with Gasteiger partial charge in [0.2, 0.25) is 5.88 Å². The normalized spacial score (nSPS) is 13.3. The number of aromatic nitrogens is 3. The highest BCUT2D eigenvalue weighted by Gasteiger charge is 2.27. The van der Waals surface area contributed by atoms with Crippen LogP contribution in [0.15, 0.2) is 60.5 Å². The SMILES string of the molecule is C=C1c2ccnn2N=C(SCc2ccc(Cl)cc2)N1c1cnc(OC)c(F)c1. The molecule has 0 bridgehead atoms. The maximum Gasteiger partial charge on any atom is 0.250 e. The van der Waals surface area contributed by atoms with Crippen LogP contribution in [0.5, 0.6) is 5.88 Å². The maximum absolute atomic E-state index is 14.3. The first-order chi connectivity index (χ1) is 13.6. The molecule has 3 heterocycles. The molecule has 3 aromatic rings. The van der Waals surface area contributed by atoms with E-state index in [9.17, 15) is 4.39 Å². The number of methoxy groups -OCH3 is 1. The predicted molar refractivity (Wildman–Crippen MR) is 110 cm³/mol. The number of hydrogen-bond donors (Lipinski definition) is 0. The average Bonchev–Trinajstić information content (AvgIpc) is 3.16. The summed E-state index contributed by atoms with van der Waals surface area (Å²) in [5, 5.41) is 10.0. The minimum atomic E-state index is -0.561. The van der Waals surface area contributed by atoms with E-state index >= 15 is 0 Å². The molecule has 0 atom stereocenters. The van der Waals surface area contributed by atoms with Crippen molar-refractivity contribution in [1.82, 2.24) is 14.9 Å². The van der Waals surface area contributed by atoms with Gasteiger partial charge in [0.1, 0.15) is 5.69 Å². The molecule has 6 nitrogen and oxygen atoms in total. The summed E-state index contributed by atoms with van der Waals surface area (Å²) < 4.78 is 19.2. The Balaban J connectivity index is 1.68. The minimum absolute atomic E-state index is 0.0660. The molecular formula is C19H15ClFN5OS. The molecule has 4 rings (SSSR count). The summed E-state index contributed by atoms with van der Waals surface area (Å²) in [6.07, 6.45) is 3.17. The van der Waals surface area contributed by atoms with Crippen LogP contribution in [0, 0.1) is 5.82 Å². The van der Waals surface area contributed by atoms with Gasteiger partial charge in [-0.15, -0.1) is 9.89 Å². The van der Waals surface area contributed by atoms with Crippen molar-refractivity contribution in [3.8, 4) is 5.88 Å². The Morgan fingerprint density at radius 3 is 2.75 bits per heavy atom. The Morgan fingerprint density at radius 2 is 2.04 bits per heavy atom. The quantitative estimate of drug-likeness (QED) is 0.622. The zero-order chi connectivity index (χ0) is 19.7. The fraction of sp³-hybridized carbons (Fsp3) is 0.105. The molecule has 0 saturated carbocycles. The van der Waals surface area contributed by atoms with Crippen molar-refractivity contribution in [1.29, 1.82) is 0 Å². The van der Waals surface area contributed by atoms with Crippen LogP contribution >= 0.6 is 23.4 Å². The van der Waals surface area contributed by atoms with Gasteiger partial charge in [-0.25, -0.2) is 9.37 Å². The zero-order valence-corrected chi connectivity index (χ0v) is 16.4. The predicted octanol–water partition coefficient (Wildman–Crippen LogP) is 4.62. The lowest BCUT2D eigenvalue weighted by atomic mass is 10.2. The number of pyridine rings is 1. The number of hydrogen-bond acceptors (Lipinski definition) is 6. The molecule has 0 unspecified atom stereocenters. The largest absolute Gasteiger partial charge is 0.479 e. The average molecular weight is 416 g/mol. The van der Waals surface area contributed by atoms with Crippen LogP contribution in [0.25, 0.3) is 5.70 Å². The van der Waals surface area contributed by atoms with Crippen molar-refractivity contribution < 1.29 is 9.13 Å². The Kier molecular flexibility index (Phi) is 5.06. The van der Waals surface area contributed by atoms with Gasteiger partial charge >= 0.3 is 0 Å². The molecule has 9 heteroatoms. The Hall–Kier alpha value is -2.84. The number of fused-ring (bicyclic) bond motifs is 1. The maximum atomic E-state index is 14.3. The number of thioether (sulfide) groups is 1. The summed E-state index contributed by atoms with van der Waals surface area (Å²) in [5.74, 6) is 0.0141. The number of ether oxygens (including phenoxy) is 1. The summed E-state index contributed by atoms with van der Waals surface area (Å²) in [4.78, 5) is 7.30. The van der Waals surface area contributed by atoms with Crippen LogP contribution < -0.4 is 9.64 Å². The molecule has 0 amide bonds. The topological polar surface area (TPSA) is 55.5 Å². The van der Waals surface area contributed by atoms with E-state index in [1.54, 1.807) is 17.2 Å². The summed E-state index contributed by atoms with van der Waals surface area (Å²) in [5.41, 5.74) is 2.91. The number of anilines is 1. The molecule has 0 spiro atoms. The lowest BCUT2D eigenvalue weighted by Crippen LogP contribution is -2.32. The van der Waals surface area contributed by atoms with Gasteiger partial charge in [0.15, 0.2) is 11.0 Å². The first-order valence-corrected chi connectivity index (χ1v) is 9.62. The monoisotopic (exact) mass is 415 g/mol. The smallest absolute Gasteiger partial charge is 0.250 e. The summed E-state index contributed by atoms with van der Waals surface area (Å²) in [6.45, 7) is 4.15. The standard InChI is InChI=1S/C19H15ClFN5OS/c1-12-17-7-8-23-26(17)24-19(28-11-13-3-5-14(20)6-4-13)25(12)15-9-16(21)18(27-2)22-10-15/h3-10H,1,11H2,2H3.